The lowest BCUT2D eigenvalue weighted by atomic mass is 10.1. The third-order valence-corrected chi connectivity index (χ3v) is 5.37. The zero-order chi connectivity index (χ0) is 20.2. The van der Waals surface area contributed by atoms with E-state index in [-0.39, 0.29) is 5.91 Å². The predicted molar refractivity (Wildman–Crippen MR) is 109 cm³/mol. The van der Waals surface area contributed by atoms with Crippen LogP contribution in [0.1, 0.15) is 35.0 Å². The van der Waals surface area contributed by atoms with Crippen LogP contribution in [0.5, 0.6) is 5.75 Å². The summed E-state index contributed by atoms with van der Waals surface area (Å²) in [7, 11) is 1.65. The molecule has 0 saturated heterocycles. The predicted octanol–water partition coefficient (Wildman–Crippen LogP) is 2.95. The number of carbonyl (C=O) groups is 1. The molecule has 0 fully saturated rings. The number of carbonyl (C=O) groups excluding carboxylic acids is 1. The Morgan fingerprint density at radius 1 is 1.14 bits per heavy atom. The first-order chi connectivity index (χ1) is 14.2. The average molecular weight is 391 g/mol. The van der Waals surface area contributed by atoms with E-state index < -0.39 is 6.10 Å². The molecular weight excluding hydrogens is 366 g/mol. The molecule has 1 aliphatic heterocycles. The number of rotatable bonds is 6. The number of aliphatic hydroxyl groups excluding tert-OH is 1. The van der Waals surface area contributed by atoms with E-state index in [4.69, 9.17) is 4.74 Å². The van der Waals surface area contributed by atoms with Crippen LogP contribution in [0.25, 0.3) is 0 Å². The summed E-state index contributed by atoms with van der Waals surface area (Å²) in [5.41, 5.74) is 3.42. The van der Waals surface area contributed by atoms with Crippen molar-refractivity contribution in [1.82, 2.24) is 14.7 Å². The second-order valence-corrected chi connectivity index (χ2v) is 7.22. The molecule has 2 heterocycles. The van der Waals surface area contributed by atoms with Crippen LogP contribution in [0.4, 0.5) is 0 Å². The summed E-state index contributed by atoms with van der Waals surface area (Å²) in [6.07, 6.45) is 0.328. The van der Waals surface area contributed by atoms with Gasteiger partial charge < -0.3 is 14.7 Å². The molecule has 6 nitrogen and oxygen atoms in total. The topological polar surface area (TPSA) is 67.6 Å². The first kappa shape index (κ1) is 19.2. The molecule has 3 aromatic rings. The SMILES string of the molecule is COc1ccccc1CCC(=O)N1CCn2nc([C@@H](O)c3ccccc3)cc2C1. The number of fused-ring (bicyclic) bond motifs is 1. The first-order valence-corrected chi connectivity index (χ1v) is 9.85. The highest BCUT2D eigenvalue weighted by Crippen LogP contribution is 2.24. The number of amides is 1. The minimum absolute atomic E-state index is 0.119. The molecule has 1 aliphatic rings. The molecule has 150 valence electrons. The minimum atomic E-state index is -0.760. The highest BCUT2D eigenvalue weighted by atomic mass is 16.5. The largest absolute Gasteiger partial charge is 0.496 e. The molecule has 0 bridgehead atoms. The van der Waals surface area contributed by atoms with Gasteiger partial charge in [-0.3, -0.25) is 9.48 Å². The molecule has 0 radical (unpaired) electrons. The monoisotopic (exact) mass is 391 g/mol. The van der Waals surface area contributed by atoms with Crippen molar-refractivity contribution >= 4 is 5.91 Å². The van der Waals surface area contributed by atoms with Gasteiger partial charge in [0.1, 0.15) is 11.9 Å². The van der Waals surface area contributed by atoms with Crippen LogP contribution >= 0.6 is 0 Å². The molecule has 1 aromatic heterocycles. The van der Waals surface area contributed by atoms with Crippen molar-refractivity contribution < 1.29 is 14.6 Å². The van der Waals surface area contributed by atoms with Gasteiger partial charge in [0.15, 0.2) is 0 Å². The molecule has 0 saturated carbocycles. The quantitative estimate of drug-likeness (QED) is 0.702. The van der Waals surface area contributed by atoms with Gasteiger partial charge in [0, 0.05) is 13.0 Å². The fourth-order valence-electron chi connectivity index (χ4n) is 3.75. The molecule has 1 atom stereocenters. The van der Waals surface area contributed by atoms with Gasteiger partial charge in [0.05, 0.1) is 31.6 Å². The van der Waals surface area contributed by atoms with E-state index in [1.807, 2.05) is 70.2 Å². The molecular formula is C23H25N3O3. The fourth-order valence-corrected chi connectivity index (χ4v) is 3.75. The van der Waals surface area contributed by atoms with E-state index in [1.165, 1.54) is 0 Å². The van der Waals surface area contributed by atoms with Gasteiger partial charge in [0.25, 0.3) is 0 Å². The second-order valence-electron chi connectivity index (χ2n) is 7.22. The maximum Gasteiger partial charge on any atom is 0.223 e. The number of hydrogen-bond acceptors (Lipinski definition) is 4. The van der Waals surface area contributed by atoms with E-state index in [2.05, 4.69) is 5.10 Å². The molecule has 0 aliphatic carbocycles. The molecule has 1 amide bonds. The molecule has 6 heteroatoms. The first-order valence-electron chi connectivity index (χ1n) is 9.85. The summed E-state index contributed by atoms with van der Waals surface area (Å²) >= 11 is 0. The van der Waals surface area contributed by atoms with E-state index >= 15 is 0 Å². The lowest BCUT2D eigenvalue weighted by Gasteiger charge is -2.27. The van der Waals surface area contributed by atoms with Crippen LogP contribution in [0.15, 0.2) is 60.7 Å². The average Bonchev–Trinajstić information content (AvgIpc) is 3.21. The van der Waals surface area contributed by atoms with Gasteiger partial charge in [-0.1, -0.05) is 48.5 Å². The number of hydrogen-bond donors (Lipinski definition) is 1. The Balaban J connectivity index is 1.41. The van der Waals surface area contributed by atoms with E-state index in [1.54, 1.807) is 7.11 Å². The van der Waals surface area contributed by atoms with Crippen molar-refractivity contribution in [2.45, 2.75) is 32.0 Å². The number of aromatic nitrogens is 2. The van der Waals surface area contributed by atoms with Crippen molar-refractivity contribution in [3.8, 4) is 5.75 Å². The Labute approximate surface area is 170 Å². The summed E-state index contributed by atoms with van der Waals surface area (Å²) in [5, 5.41) is 15.2. The van der Waals surface area contributed by atoms with Gasteiger partial charge >= 0.3 is 0 Å². The van der Waals surface area contributed by atoms with Crippen LogP contribution in [0, 0.1) is 0 Å². The van der Waals surface area contributed by atoms with Gasteiger partial charge in [-0.2, -0.15) is 5.10 Å². The molecule has 1 N–H and O–H groups in total. The molecule has 0 unspecified atom stereocenters. The van der Waals surface area contributed by atoms with Gasteiger partial charge in [0.2, 0.25) is 5.91 Å². The van der Waals surface area contributed by atoms with Crippen molar-refractivity contribution in [1.29, 1.82) is 0 Å². The zero-order valence-electron chi connectivity index (χ0n) is 16.5. The van der Waals surface area contributed by atoms with Gasteiger partial charge in [-0.25, -0.2) is 0 Å². The van der Waals surface area contributed by atoms with Crippen LogP contribution in [0.3, 0.4) is 0 Å². The number of aliphatic hydroxyl groups is 1. The molecule has 0 spiro atoms. The smallest absolute Gasteiger partial charge is 0.223 e. The summed E-state index contributed by atoms with van der Waals surface area (Å²) in [6.45, 7) is 1.77. The van der Waals surface area contributed by atoms with Gasteiger partial charge in [-0.05, 0) is 29.7 Å². The maximum atomic E-state index is 12.7. The van der Waals surface area contributed by atoms with Crippen LogP contribution < -0.4 is 4.74 Å². The lowest BCUT2D eigenvalue weighted by molar-refractivity contribution is -0.132. The number of para-hydroxylation sites is 1. The number of aryl methyl sites for hydroxylation is 1. The van der Waals surface area contributed by atoms with Crippen LogP contribution in [-0.2, 0) is 24.3 Å². The fraction of sp³-hybridized carbons (Fsp3) is 0.304. The maximum absolute atomic E-state index is 12.7. The van der Waals surface area contributed by atoms with Crippen LogP contribution in [0.2, 0.25) is 0 Å². The van der Waals surface area contributed by atoms with Crippen molar-refractivity contribution in [2.24, 2.45) is 0 Å². The Morgan fingerprint density at radius 3 is 2.69 bits per heavy atom. The standard InChI is InChI=1S/C23H25N3O3/c1-29-21-10-6-5-7-17(21)11-12-22(27)25-13-14-26-19(16-25)15-20(24-26)23(28)18-8-3-2-4-9-18/h2-10,15,23,28H,11-14,16H2,1H3/t23-/m0/s1. The van der Waals surface area contributed by atoms with Gasteiger partial charge in [-0.15, -0.1) is 0 Å². The summed E-state index contributed by atoms with van der Waals surface area (Å²) < 4.78 is 7.27. The number of nitrogens with zero attached hydrogens (tertiary/aromatic N) is 3. The van der Waals surface area contributed by atoms with Crippen LogP contribution in [-0.4, -0.2) is 39.3 Å². The summed E-state index contributed by atoms with van der Waals surface area (Å²) in [5.74, 6) is 0.935. The van der Waals surface area contributed by atoms with Crippen molar-refractivity contribution in [3.05, 3.63) is 83.2 Å². The zero-order valence-corrected chi connectivity index (χ0v) is 16.5. The number of methoxy groups -OCH3 is 1. The van der Waals surface area contributed by atoms with E-state index in [9.17, 15) is 9.90 Å². The molecule has 4 rings (SSSR count). The Bertz CT molecular complexity index is 984. The van der Waals surface area contributed by atoms with Crippen molar-refractivity contribution in [3.63, 3.8) is 0 Å². The number of ether oxygens (including phenoxy) is 1. The minimum Gasteiger partial charge on any atom is -0.496 e. The molecule has 2 aromatic carbocycles. The third kappa shape index (κ3) is 4.17. The van der Waals surface area contributed by atoms with E-state index in [0.717, 1.165) is 22.6 Å². The lowest BCUT2D eigenvalue weighted by Crippen LogP contribution is -2.38. The Hall–Kier alpha value is -3.12. The second kappa shape index (κ2) is 8.49. The summed E-state index contributed by atoms with van der Waals surface area (Å²) in [6, 6.07) is 19.2. The highest BCUT2D eigenvalue weighted by molar-refractivity contribution is 5.76. The Kier molecular flexibility index (Phi) is 5.62. The molecule has 29 heavy (non-hydrogen) atoms. The van der Waals surface area contributed by atoms with Crippen molar-refractivity contribution in [2.75, 3.05) is 13.7 Å². The highest BCUT2D eigenvalue weighted by Gasteiger charge is 2.24. The van der Waals surface area contributed by atoms with E-state index in [0.29, 0.717) is 38.2 Å². The summed E-state index contributed by atoms with van der Waals surface area (Å²) in [4.78, 5) is 14.6. The third-order valence-electron chi connectivity index (χ3n) is 5.37. The number of benzene rings is 2. The normalized spacial score (nSPS) is 14.3. The Morgan fingerprint density at radius 2 is 1.90 bits per heavy atom.